The number of nitrogens with one attached hydrogen (secondary N) is 1. The van der Waals surface area contributed by atoms with Gasteiger partial charge in [0.15, 0.2) is 0 Å². The first-order chi connectivity index (χ1) is 9.57. The maximum Gasteiger partial charge on any atom is 0.246 e. The summed E-state index contributed by atoms with van der Waals surface area (Å²) in [5, 5.41) is 0. The minimum atomic E-state index is -3.57. The van der Waals surface area contributed by atoms with Gasteiger partial charge in [0.2, 0.25) is 10.0 Å². The third-order valence-electron chi connectivity index (χ3n) is 3.94. The van der Waals surface area contributed by atoms with Crippen molar-refractivity contribution in [1.29, 1.82) is 0 Å². The lowest BCUT2D eigenvalue weighted by Gasteiger charge is -2.27. The Kier molecular flexibility index (Phi) is 4.95. The van der Waals surface area contributed by atoms with Crippen LogP contribution >= 0.6 is 0 Å². The summed E-state index contributed by atoms with van der Waals surface area (Å²) < 4.78 is 26.9. The molecule has 112 valence electrons. The lowest BCUT2D eigenvalue weighted by atomic mass is 10.1. The lowest BCUT2D eigenvalue weighted by Crippen LogP contribution is -2.37. The topological polar surface area (TPSA) is 88.3 Å². The molecule has 1 aromatic heterocycles. The van der Waals surface area contributed by atoms with E-state index in [0.29, 0.717) is 5.69 Å². The second-order valence-corrected chi connectivity index (χ2v) is 7.15. The fraction of sp³-hybridized carbons (Fsp3) is 0.615. The zero-order valence-corrected chi connectivity index (χ0v) is 12.6. The van der Waals surface area contributed by atoms with Crippen molar-refractivity contribution >= 4 is 15.7 Å². The summed E-state index contributed by atoms with van der Waals surface area (Å²) in [6, 6.07) is 1.63. The molecule has 0 spiro atoms. The van der Waals surface area contributed by atoms with Gasteiger partial charge in [0, 0.05) is 25.5 Å². The van der Waals surface area contributed by atoms with Crippen LogP contribution in [0.3, 0.4) is 0 Å². The Balaban J connectivity index is 2.28. The molecule has 1 saturated carbocycles. The highest BCUT2D eigenvalue weighted by Crippen LogP contribution is 2.28. The van der Waals surface area contributed by atoms with Crippen LogP contribution in [0.15, 0.2) is 23.4 Å². The smallest absolute Gasteiger partial charge is 0.246 e. The highest BCUT2D eigenvalue weighted by atomic mass is 32.2. The molecule has 6 nitrogen and oxygen atoms in total. The van der Waals surface area contributed by atoms with E-state index in [0.717, 1.165) is 25.7 Å². The number of sulfonamides is 1. The van der Waals surface area contributed by atoms with Crippen molar-refractivity contribution < 1.29 is 8.42 Å². The molecular weight excluding hydrogens is 276 g/mol. The van der Waals surface area contributed by atoms with Gasteiger partial charge in [0.1, 0.15) is 4.90 Å². The molecule has 0 aliphatic heterocycles. The molecule has 1 aromatic rings. The SMILES string of the molecule is CN(C1CCCCCC1)S(=O)(=O)c1cnccc1NN. The van der Waals surface area contributed by atoms with Gasteiger partial charge in [-0.1, -0.05) is 25.7 Å². The number of nitrogens with two attached hydrogens (primary N) is 1. The van der Waals surface area contributed by atoms with Gasteiger partial charge in [0.25, 0.3) is 0 Å². The number of pyridine rings is 1. The van der Waals surface area contributed by atoms with Gasteiger partial charge in [-0.3, -0.25) is 10.8 Å². The summed E-state index contributed by atoms with van der Waals surface area (Å²) in [7, 11) is -1.92. The highest BCUT2D eigenvalue weighted by molar-refractivity contribution is 7.89. The molecule has 0 atom stereocenters. The Morgan fingerprint density at radius 3 is 2.55 bits per heavy atom. The fourth-order valence-corrected chi connectivity index (χ4v) is 4.19. The number of hydrogen-bond donors (Lipinski definition) is 2. The summed E-state index contributed by atoms with van der Waals surface area (Å²) in [6.07, 6.45) is 9.24. The standard InChI is InChI=1S/C13H22N4O2S/c1-17(11-6-4-2-3-5-7-11)20(18,19)13-10-15-9-8-12(13)16-14/h8-11H,2-7,14H2,1H3,(H,15,16). The van der Waals surface area contributed by atoms with Crippen molar-refractivity contribution in [2.75, 3.05) is 12.5 Å². The maximum absolute atomic E-state index is 12.7. The van der Waals surface area contributed by atoms with E-state index in [9.17, 15) is 8.42 Å². The average Bonchev–Trinajstić information content (AvgIpc) is 2.75. The van der Waals surface area contributed by atoms with Crippen LogP contribution in [0.1, 0.15) is 38.5 Å². The molecule has 0 unspecified atom stereocenters. The Morgan fingerprint density at radius 1 is 1.30 bits per heavy atom. The normalized spacial score (nSPS) is 17.9. The molecule has 0 saturated heterocycles. The molecule has 2 rings (SSSR count). The lowest BCUT2D eigenvalue weighted by molar-refractivity contribution is 0.336. The van der Waals surface area contributed by atoms with Gasteiger partial charge in [0.05, 0.1) is 5.69 Å². The molecule has 0 amide bonds. The highest BCUT2D eigenvalue weighted by Gasteiger charge is 2.30. The van der Waals surface area contributed by atoms with E-state index in [4.69, 9.17) is 5.84 Å². The molecule has 7 heteroatoms. The summed E-state index contributed by atoms with van der Waals surface area (Å²) in [5.74, 6) is 5.39. The summed E-state index contributed by atoms with van der Waals surface area (Å²) in [4.78, 5) is 4.04. The number of nitrogen functional groups attached to an aromatic ring is 1. The van der Waals surface area contributed by atoms with Crippen LogP contribution in [0.4, 0.5) is 5.69 Å². The summed E-state index contributed by atoms with van der Waals surface area (Å²) in [6.45, 7) is 0. The number of anilines is 1. The van der Waals surface area contributed by atoms with E-state index in [-0.39, 0.29) is 10.9 Å². The molecule has 3 N–H and O–H groups in total. The van der Waals surface area contributed by atoms with Gasteiger partial charge in [-0.2, -0.15) is 4.31 Å². The first-order valence-electron chi connectivity index (χ1n) is 6.96. The van der Waals surface area contributed by atoms with Crippen LogP contribution in [0.2, 0.25) is 0 Å². The maximum atomic E-state index is 12.7. The molecule has 0 aromatic carbocycles. The minimum Gasteiger partial charge on any atom is -0.323 e. The minimum absolute atomic E-state index is 0.0633. The number of hydrazine groups is 1. The second kappa shape index (κ2) is 6.51. The van der Waals surface area contributed by atoms with Crippen LogP contribution < -0.4 is 11.3 Å². The van der Waals surface area contributed by atoms with Gasteiger partial charge in [-0.25, -0.2) is 8.42 Å². The van der Waals surface area contributed by atoms with Crippen molar-refractivity contribution in [2.24, 2.45) is 5.84 Å². The van der Waals surface area contributed by atoms with Crippen molar-refractivity contribution in [3.05, 3.63) is 18.5 Å². The first kappa shape index (κ1) is 15.2. The van der Waals surface area contributed by atoms with Gasteiger partial charge in [-0.05, 0) is 18.9 Å². The first-order valence-corrected chi connectivity index (χ1v) is 8.40. The van der Waals surface area contributed by atoms with E-state index < -0.39 is 10.0 Å². The Labute approximate surface area is 120 Å². The largest absolute Gasteiger partial charge is 0.323 e. The molecule has 20 heavy (non-hydrogen) atoms. The molecule has 0 radical (unpaired) electrons. The van der Waals surface area contributed by atoms with E-state index >= 15 is 0 Å². The van der Waals surface area contributed by atoms with Crippen LogP contribution in [0.25, 0.3) is 0 Å². The second-order valence-electron chi connectivity index (χ2n) is 5.18. The number of rotatable bonds is 4. The van der Waals surface area contributed by atoms with Gasteiger partial charge >= 0.3 is 0 Å². The zero-order valence-electron chi connectivity index (χ0n) is 11.7. The van der Waals surface area contributed by atoms with E-state index in [2.05, 4.69) is 10.4 Å². The van der Waals surface area contributed by atoms with Crippen molar-refractivity contribution in [3.8, 4) is 0 Å². The quantitative estimate of drug-likeness (QED) is 0.502. The monoisotopic (exact) mass is 298 g/mol. The van der Waals surface area contributed by atoms with E-state index in [1.165, 1.54) is 29.5 Å². The molecule has 1 fully saturated rings. The van der Waals surface area contributed by atoms with Crippen LogP contribution in [-0.2, 0) is 10.0 Å². The zero-order chi connectivity index (χ0) is 14.6. The molecule has 1 aliphatic rings. The number of nitrogens with zero attached hydrogens (tertiary/aromatic N) is 2. The number of aromatic nitrogens is 1. The van der Waals surface area contributed by atoms with E-state index in [1.54, 1.807) is 13.1 Å². The van der Waals surface area contributed by atoms with Crippen LogP contribution in [0.5, 0.6) is 0 Å². The van der Waals surface area contributed by atoms with Crippen molar-refractivity contribution in [3.63, 3.8) is 0 Å². The molecule has 1 heterocycles. The predicted molar refractivity (Wildman–Crippen MR) is 78.5 cm³/mol. The summed E-state index contributed by atoms with van der Waals surface area (Å²) >= 11 is 0. The van der Waals surface area contributed by atoms with Crippen LogP contribution in [0, 0.1) is 0 Å². The molecule has 0 bridgehead atoms. The van der Waals surface area contributed by atoms with Gasteiger partial charge in [-0.15, -0.1) is 0 Å². The summed E-state index contributed by atoms with van der Waals surface area (Å²) in [5.41, 5.74) is 2.80. The number of hydrogen-bond acceptors (Lipinski definition) is 5. The average molecular weight is 298 g/mol. The van der Waals surface area contributed by atoms with Crippen molar-refractivity contribution in [2.45, 2.75) is 49.5 Å². The third kappa shape index (κ3) is 3.11. The Bertz CT molecular complexity index is 539. The fourth-order valence-electron chi connectivity index (χ4n) is 2.68. The molecular formula is C13H22N4O2S. The van der Waals surface area contributed by atoms with Crippen molar-refractivity contribution in [1.82, 2.24) is 9.29 Å². The Hall–Kier alpha value is -1.18. The van der Waals surface area contributed by atoms with Crippen LogP contribution in [-0.4, -0.2) is 30.8 Å². The third-order valence-corrected chi connectivity index (χ3v) is 5.87. The predicted octanol–water partition coefficient (Wildman–Crippen LogP) is 1.71. The van der Waals surface area contributed by atoms with E-state index in [1.807, 2.05) is 0 Å². The Morgan fingerprint density at radius 2 is 1.95 bits per heavy atom. The van der Waals surface area contributed by atoms with Gasteiger partial charge < -0.3 is 5.43 Å². The molecule has 1 aliphatic carbocycles.